The molecule has 1 atom stereocenters. The van der Waals surface area contributed by atoms with Crippen LogP contribution in [0.5, 0.6) is 0 Å². The topological polar surface area (TPSA) is 32.3 Å². The number of piperidine rings is 3. The number of carbonyl (C=O) groups excluding carboxylic acids is 1. The van der Waals surface area contributed by atoms with E-state index in [1.165, 1.54) is 25.9 Å². The third kappa shape index (κ3) is 3.69. The summed E-state index contributed by atoms with van der Waals surface area (Å²) in [5.41, 5.74) is 2.52. The minimum atomic E-state index is -0.00581. The summed E-state index contributed by atoms with van der Waals surface area (Å²) in [4.78, 5) is 15.2. The molecule has 2 bridgehead atoms. The van der Waals surface area contributed by atoms with Crippen molar-refractivity contribution < 1.29 is 4.79 Å². The number of fused-ring (bicyclic) bond motifs is 3. The molecule has 3 aliphatic rings. The van der Waals surface area contributed by atoms with Crippen LogP contribution in [0.2, 0.25) is 10.0 Å². The number of nitrogens with zero attached hydrogens (tertiary/aromatic N) is 1. The molecule has 3 fully saturated rings. The first-order chi connectivity index (χ1) is 12.1. The van der Waals surface area contributed by atoms with Gasteiger partial charge in [0.2, 0.25) is 0 Å². The van der Waals surface area contributed by atoms with E-state index in [4.69, 9.17) is 23.2 Å². The number of hydrogen-bond donors (Lipinski definition) is 1. The maximum Gasteiger partial charge on any atom is 0.251 e. The van der Waals surface area contributed by atoms with Crippen LogP contribution in [0, 0.1) is 5.92 Å². The molecule has 0 radical (unpaired) electrons. The molecule has 0 aromatic heterocycles. The number of benzene rings is 2. The standard InChI is InChI=1S/C20H20Cl2N2O/c21-17-9-16(10-18(22)11-17)14-2-1-3-15(8-14)20(25)23-19-12-24-6-4-13(19)5-7-24/h1-3,8-11,13,19H,4-7,12H2,(H,23,25)/t19-/m0/s1. The molecule has 25 heavy (non-hydrogen) atoms. The molecule has 2 aromatic rings. The zero-order chi connectivity index (χ0) is 17.4. The Morgan fingerprint density at radius 3 is 2.36 bits per heavy atom. The largest absolute Gasteiger partial charge is 0.348 e. The minimum absolute atomic E-state index is 0.00581. The van der Waals surface area contributed by atoms with Gasteiger partial charge >= 0.3 is 0 Å². The first kappa shape index (κ1) is 16.9. The van der Waals surface area contributed by atoms with E-state index >= 15 is 0 Å². The summed E-state index contributed by atoms with van der Waals surface area (Å²) in [6, 6.07) is 13.3. The maximum atomic E-state index is 12.7. The fraction of sp³-hybridized carbons (Fsp3) is 0.350. The normalized spacial score (nSPS) is 25.0. The van der Waals surface area contributed by atoms with Crippen LogP contribution in [0.25, 0.3) is 11.1 Å². The Balaban J connectivity index is 1.53. The number of halogens is 2. The lowest BCUT2D eigenvalue weighted by molar-refractivity contribution is 0.0620. The van der Waals surface area contributed by atoms with Crippen LogP contribution >= 0.6 is 23.2 Å². The van der Waals surface area contributed by atoms with Crippen molar-refractivity contribution in [3.63, 3.8) is 0 Å². The van der Waals surface area contributed by atoms with Crippen molar-refractivity contribution in [2.75, 3.05) is 19.6 Å². The van der Waals surface area contributed by atoms with E-state index in [1.807, 2.05) is 36.4 Å². The molecule has 0 saturated carbocycles. The van der Waals surface area contributed by atoms with Gasteiger partial charge in [0.05, 0.1) is 0 Å². The Morgan fingerprint density at radius 2 is 1.72 bits per heavy atom. The molecule has 1 amide bonds. The van der Waals surface area contributed by atoms with Gasteiger partial charge in [0.1, 0.15) is 0 Å². The van der Waals surface area contributed by atoms with Crippen LogP contribution < -0.4 is 5.32 Å². The zero-order valence-electron chi connectivity index (χ0n) is 13.8. The predicted molar refractivity (Wildman–Crippen MR) is 102 cm³/mol. The van der Waals surface area contributed by atoms with Gasteiger partial charge in [0.15, 0.2) is 0 Å². The molecule has 130 valence electrons. The van der Waals surface area contributed by atoms with Gasteiger partial charge in [-0.2, -0.15) is 0 Å². The van der Waals surface area contributed by atoms with Crippen LogP contribution in [0.3, 0.4) is 0 Å². The highest BCUT2D eigenvalue weighted by atomic mass is 35.5. The van der Waals surface area contributed by atoms with Crippen LogP contribution in [0.1, 0.15) is 23.2 Å². The Bertz CT molecular complexity index is 780. The monoisotopic (exact) mass is 374 g/mol. The third-order valence-electron chi connectivity index (χ3n) is 5.29. The summed E-state index contributed by atoms with van der Waals surface area (Å²) in [6.07, 6.45) is 2.37. The maximum absolute atomic E-state index is 12.7. The van der Waals surface area contributed by atoms with Crippen molar-refractivity contribution in [1.82, 2.24) is 10.2 Å². The lowest BCUT2D eigenvalue weighted by Crippen LogP contribution is -2.57. The van der Waals surface area contributed by atoms with Crippen LogP contribution in [0.4, 0.5) is 0 Å². The minimum Gasteiger partial charge on any atom is -0.348 e. The van der Waals surface area contributed by atoms with E-state index in [2.05, 4.69) is 10.2 Å². The summed E-state index contributed by atoms with van der Waals surface area (Å²) in [6.45, 7) is 3.31. The Morgan fingerprint density at radius 1 is 1.00 bits per heavy atom. The van der Waals surface area contributed by atoms with Crippen LogP contribution in [0.15, 0.2) is 42.5 Å². The van der Waals surface area contributed by atoms with Crippen LogP contribution in [-0.2, 0) is 0 Å². The molecule has 3 saturated heterocycles. The number of amides is 1. The second-order valence-electron chi connectivity index (χ2n) is 6.96. The Hall–Kier alpha value is -1.55. The second kappa shape index (κ2) is 6.99. The molecule has 5 rings (SSSR count). The van der Waals surface area contributed by atoms with Gasteiger partial charge in [-0.15, -0.1) is 0 Å². The van der Waals surface area contributed by atoms with Gasteiger partial charge < -0.3 is 10.2 Å². The molecule has 0 unspecified atom stereocenters. The average Bonchev–Trinajstić information content (AvgIpc) is 2.62. The third-order valence-corrected chi connectivity index (χ3v) is 5.73. The van der Waals surface area contributed by atoms with Gasteiger partial charge in [0, 0.05) is 28.2 Å². The number of hydrogen-bond acceptors (Lipinski definition) is 2. The van der Waals surface area contributed by atoms with Crippen molar-refractivity contribution >= 4 is 29.1 Å². The van der Waals surface area contributed by atoms with E-state index in [9.17, 15) is 4.79 Å². The van der Waals surface area contributed by atoms with E-state index < -0.39 is 0 Å². The average molecular weight is 375 g/mol. The SMILES string of the molecule is O=C(N[C@H]1CN2CCC1CC2)c1cccc(-c2cc(Cl)cc(Cl)c2)c1. The lowest BCUT2D eigenvalue weighted by atomic mass is 9.84. The van der Waals surface area contributed by atoms with Crippen molar-refractivity contribution in [1.29, 1.82) is 0 Å². The number of rotatable bonds is 3. The fourth-order valence-corrected chi connectivity index (χ4v) is 4.47. The van der Waals surface area contributed by atoms with Crippen molar-refractivity contribution in [3.8, 4) is 11.1 Å². The van der Waals surface area contributed by atoms with Crippen molar-refractivity contribution in [2.45, 2.75) is 18.9 Å². The van der Waals surface area contributed by atoms with Gasteiger partial charge in [-0.05, 0) is 73.3 Å². The Labute approximate surface area is 157 Å². The van der Waals surface area contributed by atoms with Gasteiger partial charge in [-0.3, -0.25) is 4.79 Å². The first-order valence-corrected chi connectivity index (χ1v) is 9.44. The quantitative estimate of drug-likeness (QED) is 0.858. The summed E-state index contributed by atoms with van der Waals surface area (Å²) in [5.74, 6) is 0.609. The molecular weight excluding hydrogens is 355 g/mol. The van der Waals surface area contributed by atoms with Gasteiger partial charge in [-0.1, -0.05) is 35.3 Å². The molecule has 3 nitrogen and oxygen atoms in total. The van der Waals surface area contributed by atoms with Gasteiger partial charge in [0.25, 0.3) is 5.91 Å². The smallest absolute Gasteiger partial charge is 0.251 e. The summed E-state index contributed by atoms with van der Waals surface area (Å²) in [7, 11) is 0. The second-order valence-corrected chi connectivity index (χ2v) is 7.83. The molecule has 3 aliphatic heterocycles. The molecule has 1 N–H and O–H groups in total. The number of carbonyl (C=O) groups is 1. The zero-order valence-corrected chi connectivity index (χ0v) is 15.4. The van der Waals surface area contributed by atoms with Crippen LogP contribution in [-0.4, -0.2) is 36.5 Å². The van der Waals surface area contributed by atoms with E-state index in [-0.39, 0.29) is 11.9 Å². The summed E-state index contributed by atoms with van der Waals surface area (Å²) in [5, 5.41) is 4.41. The fourth-order valence-electron chi connectivity index (χ4n) is 3.94. The Kier molecular flexibility index (Phi) is 4.72. The molecule has 0 spiro atoms. The highest BCUT2D eigenvalue weighted by Gasteiger charge is 2.34. The predicted octanol–water partition coefficient (Wildman–Crippen LogP) is 4.48. The molecule has 0 aliphatic carbocycles. The van der Waals surface area contributed by atoms with E-state index in [0.717, 1.165) is 17.7 Å². The van der Waals surface area contributed by atoms with Crippen molar-refractivity contribution in [3.05, 3.63) is 58.1 Å². The van der Waals surface area contributed by atoms with Gasteiger partial charge in [-0.25, -0.2) is 0 Å². The van der Waals surface area contributed by atoms with E-state index in [0.29, 0.717) is 21.5 Å². The summed E-state index contributed by atoms with van der Waals surface area (Å²) < 4.78 is 0. The highest BCUT2D eigenvalue weighted by molar-refractivity contribution is 6.35. The summed E-state index contributed by atoms with van der Waals surface area (Å²) >= 11 is 12.2. The first-order valence-electron chi connectivity index (χ1n) is 8.68. The highest BCUT2D eigenvalue weighted by Crippen LogP contribution is 2.29. The molecule has 3 heterocycles. The lowest BCUT2D eigenvalue weighted by Gasteiger charge is -2.44. The van der Waals surface area contributed by atoms with E-state index in [1.54, 1.807) is 6.07 Å². The molecular formula is C20H20Cl2N2O. The molecule has 2 aromatic carbocycles. The number of nitrogens with one attached hydrogen (secondary N) is 1. The molecule has 5 heteroatoms. The van der Waals surface area contributed by atoms with Crippen molar-refractivity contribution in [2.24, 2.45) is 5.92 Å².